The zero-order chi connectivity index (χ0) is 17.9. The summed E-state index contributed by atoms with van der Waals surface area (Å²) < 4.78 is 7.38. The summed E-state index contributed by atoms with van der Waals surface area (Å²) in [6.07, 6.45) is 3.96. The van der Waals surface area contributed by atoms with Crippen LogP contribution in [-0.4, -0.2) is 35.5 Å². The van der Waals surface area contributed by atoms with Gasteiger partial charge in [0.2, 0.25) is 11.7 Å². The van der Waals surface area contributed by atoms with Crippen LogP contribution in [0.25, 0.3) is 10.9 Å². The Bertz CT molecular complexity index is 924. The Balaban J connectivity index is 1.55. The van der Waals surface area contributed by atoms with Gasteiger partial charge in [0.15, 0.2) is 0 Å². The van der Waals surface area contributed by atoms with Crippen molar-refractivity contribution in [2.45, 2.75) is 25.5 Å². The van der Waals surface area contributed by atoms with Crippen LogP contribution in [0.4, 0.5) is 0 Å². The summed E-state index contributed by atoms with van der Waals surface area (Å²) in [5.74, 6) is -0.0777. The van der Waals surface area contributed by atoms with Crippen molar-refractivity contribution in [1.82, 2.24) is 9.88 Å². The van der Waals surface area contributed by atoms with Gasteiger partial charge >= 0.3 is 0 Å². The SMILES string of the molecule is O=C(Cn1cc(C(=O)c2cccs2)c2ccccc21)NC[C@H]1CCCO1. The Hall–Kier alpha value is -2.44. The van der Waals surface area contributed by atoms with E-state index >= 15 is 0 Å². The van der Waals surface area contributed by atoms with E-state index in [0.29, 0.717) is 17.0 Å². The molecule has 3 heterocycles. The highest BCUT2D eigenvalue weighted by atomic mass is 32.1. The van der Waals surface area contributed by atoms with Crippen molar-refractivity contribution in [2.75, 3.05) is 13.2 Å². The van der Waals surface area contributed by atoms with Gasteiger partial charge in [-0.3, -0.25) is 9.59 Å². The monoisotopic (exact) mass is 368 g/mol. The van der Waals surface area contributed by atoms with Crippen molar-refractivity contribution < 1.29 is 14.3 Å². The van der Waals surface area contributed by atoms with Crippen LogP contribution < -0.4 is 5.32 Å². The van der Waals surface area contributed by atoms with Gasteiger partial charge in [0.1, 0.15) is 6.54 Å². The summed E-state index contributed by atoms with van der Waals surface area (Å²) in [6.45, 7) is 1.50. The van der Waals surface area contributed by atoms with Crippen LogP contribution in [0.2, 0.25) is 0 Å². The lowest BCUT2D eigenvalue weighted by Gasteiger charge is -2.11. The lowest BCUT2D eigenvalue weighted by molar-refractivity contribution is -0.122. The number of ketones is 1. The molecule has 0 spiro atoms. The molecule has 4 rings (SSSR count). The Labute approximate surface area is 155 Å². The fourth-order valence-corrected chi connectivity index (χ4v) is 4.02. The van der Waals surface area contributed by atoms with E-state index in [-0.39, 0.29) is 24.3 Å². The minimum atomic E-state index is -0.0728. The molecule has 0 aliphatic carbocycles. The molecule has 1 fully saturated rings. The second kappa shape index (κ2) is 7.43. The molecule has 6 heteroatoms. The average Bonchev–Trinajstić information content (AvgIpc) is 3.41. The number of benzene rings is 1. The lowest BCUT2D eigenvalue weighted by atomic mass is 10.1. The van der Waals surface area contributed by atoms with E-state index in [1.807, 2.05) is 46.3 Å². The van der Waals surface area contributed by atoms with Gasteiger partial charge in [-0.15, -0.1) is 11.3 Å². The lowest BCUT2D eigenvalue weighted by Crippen LogP contribution is -2.34. The van der Waals surface area contributed by atoms with E-state index in [0.717, 1.165) is 30.4 Å². The molecule has 3 aromatic rings. The molecule has 1 atom stereocenters. The van der Waals surface area contributed by atoms with Crippen molar-refractivity contribution in [3.05, 3.63) is 58.4 Å². The van der Waals surface area contributed by atoms with E-state index in [4.69, 9.17) is 4.74 Å². The van der Waals surface area contributed by atoms with Gasteiger partial charge in [-0.05, 0) is 30.4 Å². The van der Waals surface area contributed by atoms with Crippen LogP contribution in [-0.2, 0) is 16.1 Å². The number of nitrogens with one attached hydrogen (secondary N) is 1. The van der Waals surface area contributed by atoms with Crippen molar-refractivity contribution in [2.24, 2.45) is 0 Å². The zero-order valence-corrected chi connectivity index (χ0v) is 15.1. The predicted octanol–water partition coefficient (Wildman–Crippen LogP) is 3.23. The van der Waals surface area contributed by atoms with Crippen LogP contribution in [0.3, 0.4) is 0 Å². The number of ether oxygens (including phenoxy) is 1. The zero-order valence-electron chi connectivity index (χ0n) is 14.3. The Morgan fingerprint density at radius 3 is 2.88 bits per heavy atom. The quantitative estimate of drug-likeness (QED) is 0.680. The van der Waals surface area contributed by atoms with Crippen LogP contribution in [0.5, 0.6) is 0 Å². The highest BCUT2D eigenvalue weighted by Crippen LogP contribution is 2.25. The number of carbonyl (C=O) groups is 2. The number of nitrogens with zero attached hydrogens (tertiary/aromatic N) is 1. The third-order valence-corrected chi connectivity index (χ3v) is 5.51. The molecule has 1 aromatic carbocycles. The maximum Gasteiger partial charge on any atom is 0.240 e. The summed E-state index contributed by atoms with van der Waals surface area (Å²) >= 11 is 1.43. The second-order valence-corrected chi connectivity index (χ2v) is 7.38. The van der Waals surface area contributed by atoms with Gasteiger partial charge < -0.3 is 14.6 Å². The molecular weight excluding hydrogens is 348 g/mol. The topological polar surface area (TPSA) is 60.3 Å². The predicted molar refractivity (Wildman–Crippen MR) is 102 cm³/mol. The third kappa shape index (κ3) is 3.43. The minimum Gasteiger partial charge on any atom is -0.376 e. The smallest absolute Gasteiger partial charge is 0.240 e. The normalized spacial score (nSPS) is 16.8. The maximum absolute atomic E-state index is 12.8. The van der Waals surface area contributed by atoms with Crippen molar-refractivity contribution >= 4 is 33.9 Å². The second-order valence-electron chi connectivity index (χ2n) is 6.43. The first-order chi connectivity index (χ1) is 12.7. The average molecular weight is 368 g/mol. The molecule has 1 amide bonds. The molecule has 1 N–H and O–H groups in total. The molecule has 1 aliphatic heterocycles. The Kier molecular flexibility index (Phi) is 4.86. The van der Waals surface area contributed by atoms with E-state index in [9.17, 15) is 9.59 Å². The molecule has 26 heavy (non-hydrogen) atoms. The standard InChI is InChI=1S/C20H20N2O3S/c23-19(21-11-14-5-3-9-25-14)13-22-12-16(15-6-1-2-7-17(15)22)20(24)18-8-4-10-26-18/h1-2,4,6-8,10,12,14H,3,5,9,11,13H2,(H,21,23)/t14-/m1/s1. The first-order valence-electron chi connectivity index (χ1n) is 8.77. The Morgan fingerprint density at radius 1 is 1.23 bits per heavy atom. The number of fused-ring (bicyclic) bond motifs is 1. The molecule has 134 valence electrons. The van der Waals surface area contributed by atoms with Gasteiger partial charge in [0.05, 0.1) is 11.0 Å². The van der Waals surface area contributed by atoms with Crippen LogP contribution >= 0.6 is 11.3 Å². The van der Waals surface area contributed by atoms with Crippen LogP contribution in [0, 0.1) is 0 Å². The number of hydrogen-bond acceptors (Lipinski definition) is 4. The molecule has 0 bridgehead atoms. The summed E-state index contributed by atoms with van der Waals surface area (Å²) in [6, 6.07) is 11.4. The van der Waals surface area contributed by atoms with Crippen molar-refractivity contribution in [3.8, 4) is 0 Å². The van der Waals surface area contributed by atoms with Crippen molar-refractivity contribution in [1.29, 1.82) is 0 Å². The molecule has 2 aromatic heterocycles. The van der Waals surface area contributed by atoms with Crippen molar-refractivity contribution in [3.63, 3.8) is 0 Å². The van der Waals surface area contributed by atoms with Gasteiger partial charge in [0.25, 0.3) is 0 Å². The molecule has 0 radical (unpaired) electrons. The number of aromatic nitrogens is 1. The van der Waals surface area contributed by atoms with Crippen LogP contribution in [0.1, 0.15) is 28.1 Å². The highest BCUT2D eigenvalue weighted by molar-refractivity contribution is 7.12. The molecule has 1 aliphatic rings. The van der Waals surface area contributed by atoms with Gasteiger partial charge in [-0.25, -0.2) is 0 Å². The number of amides is 1. The fraction of sp³-hybridized carbons (Fsp3) is 0.300. The summed E-state index contributed by atoms with van der Waals surface area (Å²) in [4.78, 5) is 25.9. The first-order valence-corrected chi connectivity index (χ1v) is 9.65. The number of hydrogen-bond donors (Lipinski definition) is 1. The maximum atomic E-state index is 12.8. The molecule has 1 saturated heterocycles. The van der Waals surface area contributed by atoms with E-state index < -0.39 is 0 Å². The highest BCUT2D eigenvalue weighted by Gasteiger charge is 2.19. The number of para-hydroxylation sites is 1. The van der Waals surface area contributed by atoms with Gasteiger partial charge in [-0.1, -0.05) is 24.3 Å². The van der Waals surface area contributed by atoms with Crippen LogP contribution in [0.15, 0.2) is 48.0 Å². The van der Waals surface area contributed by atoms with E-state index in [2.05, 4.69) is 5.32 Å². The molecule has 0 unspecified atom stereocenters. The summed E-state index contributed by atoms with van der Waals surface area (Å²) in [5.41, 5.74) is 1.52. The van der Waals surface area contributed by atoms with E-state index in [1.165, 1.54) is 11.3 Å². The molecule has 5 nitrogen and oxygen atoms in total. The Morgan fingerprint density at radius 2 is 2.12 bits per heavy atom. The number of rotatable bonds is 6. The van der Waals surface area contributed by atoms with Gasteiger partial charge in [-0.2, -0.15) is 0 Å². The number of carbonyl (C=O) groups excluding carboxylic acids is 2. The first kappa shape index (κ1) is 17.0. The third-order valence-electron chi connectivity index (χ3n) is 4.64. The summed E-state index contributed by atoms with van der Waals surface area (Å²) in [5, 5.41) is 5.70. The largest absolute Gasteiger partial charge is 0.376 e. The fourth-order valence-electron chi connectivity index (χ4n) is 3.34. The minimum absolute atomic E-state index is 0.00489. The number of thiophene rings is 1. The van der Waals surface area contributed by atoms with Gasteiger partial charge in [0, 0.05) is 35.8 Å². The molecule has 0 saturated carbocycles. The van der Waals surface area contributed by atoms with E-state index in [1.54, 1.807) is 6.20 Å². The summed E-state index contributed by atoms with van der Waals surface area (Å²) in [7, 11) is 0. The molecular formula is C20H20N2O3S.